The zero-order valence-corrected chi connectivity index (χ0v) is 11.8. The van der Waals surface area contributed by atoms with Crippen molar-refractivity contribution in [1.82, 2.24) is 4.98 Å². The Hall–Kier alpha value is -2.22. The van der Waals surface area contributed by atoms with Crippen molar-refractivity contribution < 1.29 is 31.8 Å². The first kappa shape index (κ1) is 17.1. The highest BCUT2D eigenvalue weighted by Gasteiger charge is 2.71. The molecule has 1 N–H and O–H groups in total. The van der Waals surface area contributed by atoms with Gasteiger partial charge in [-0.1, -0.05) is 18.2 Å². The van der Waals surface area contributed by atoms with Crippen molar-refractivity contribution in [3.05, 3.63) is 59.9 Å². The Bertz CT molecular complexity index is 675. The maximum absolute atomic E-state index is 14.1. The van der Waals surface area contributed by atoms with Gasteiger partial charge >= 0.3 is 12.1 Å². The van der Waals surface area contributed by atoms with Gasteiger partial charge in [-0.2, -0.15) is 22.0 Å². The SMILES string of the molecule is COc1cccc(C(O)(c2cccnc2)C(F)(F)C(F)(F)F)c1. The van der Waals surface area contributed by atoms with Gasteiger partial charge in [-0.3, -0.25) is 4.98 Å². The van der Waals surface area contributed by atoms with Crippen LogP contribution in [0.2, 0.25) is 0 Å². The first-order valence-corrected chi connectivity index (χ1v) is 6.36. The summed E-state index contributed by atoms with van der Waals surface area (Å²) >= 11 is 0. The first-order chi connectivity index (χ1) is 10.6. The number of benzene rings is 1. The highest BCUT2D eigenvalue weighted by molar-refractivity contribution is 5.42. The van der Waals surface area contributed by atoms with E-state index in [0.717, 1.165) is 30.5 Å². The number of aromatic nitrogens is 1. The Morgan fingerprint density at radius 1 is 1.00 bits per heavy atom. The van der Waals surface area contributed by atoms with Gasteiger partial charge in [-0.05, 0) is 23.8 Å². The molecule has 124 valence electrons. The largest absolute Gasteiger partial charge is 0.497 e. The first-order valence-electron chi connectivity index (χ1n) is 6.36. The van der Waals surface area contributed by atoms with E-state index >= 15 is 0 Å². The Kier molecular flexibility index (Phi) is 4.30. The fourth-order valence-electron chi connectivity index (χ4n) is 2.16. The molecule has 1 aromatic carbocycles. The van der Waals surface area contributed by atoms with Crippen molar-refractivity contribution in [1.29, 1.82) is 0 Å². The Balaban J connectivity index is 2.75. The average molecular weight is 333 g/mol. The zero-order valence-electron chi connectivity index (χ0n) is 11.8. The Labute approximate surface area is 128 Å². The molecule has 2 aromatic rings. The molecule has 0 bridgehead atoms. The molecule has 0 amide bonds. The molecule has 8 heteroatoms. The van der Waals surface area contributed by atoms with Gasteiger partial charge in [0.05, 0.1) is 7.11 Å². The van der Waals surface area contributed by atoms with Crippen LogP contribution in [0.5, 0.6) is 5.75 Å². The van der Waals surface area contributed by atoms with Gasteiger partial charge in [-0.25, -0.2) is 0 Å². The number of halogens is 5. The molecule has 0 radical (unpaired) electrons. The average Bonchev–Trinajstić information content (AvgIpc) is 2.53. The van der Waals surface area contributed by atoms with Crippen molar-refractivity contribution in [3.8, 4) is 5.75 Å². The summed E-state index contributed by atoms with van der Waals surface area (Å²) in [4.78, 5) is 3.52. The van der Waals surface area contributed by atoms with Gasteiger partial charge in [0.25, 0.3) is 0 Å². The van der Waals surface area contributed by atoms with Crippen LogP contribution < -0.4 is 4.74 Å². The maximum atomic E-state index is 14.1. The minimum Gasteiger partial charge on any atom is -0.497 e. The summed E-state index contributed by atoms with van der Waals surface area (Å²) in [7, 11) is 1.23. The van der Waals surface area contributed by atoms with E-state index in [-0.39, 0.29) is 5.75 Å². The molecule has 0 aliphatic carbocycles. The molecule has 23 heavy (non-hydrogen) atoms. The van der Waals surface area contributed by atoms with Crippen LogP contribution in [0.3, 0.4) is 0 Å². The molecule has 0 saturated carbocycles. The quantitative estimate of drug-likeness (QED) is 0.871. The van der Waals surface area contributed by atoms with Gasteiger partial charge < -0.3 is 9.84 Å². The molecular formula is C15H12F5NO2. The van der Waals surface area contributed by atoms with E-state index in [0.29, 0.717) is 0 Å². The molecular weight excluding hydrogens is 321 g/mol. The lowest BCUT2D eigenvalue weighted by atomic mass is 9.81. The standard InChI is InChI=1S/C15H12F5NO2/c1-23-12-6-2-4-10(8-12)13(22,11-5-3-7-21-9-11)14(16,17)15(18,19)20/h2-9,22H,1H3. The van der Waals surface area contributed by atoms with Crippen LogP contribution in [-0.4, -0.2) is 29.3 Å². The zero-order chi connectivity index (χ0) is 17.3. The van der Waals surface area contributed by atoms with E-state index in [1.165, 1.54) is 25.4 Å². The smallest absolute Gasteiger partial charge is 0.457 e. The third-order valence-electron chi connectivity index (χ3n) is 3.38. The van der Waals surface area contributed by atoms with Gasteiger partial charge in [0.15, 0.2) is 5.60 Å². The van der Waals surface area contributed by atoms with Crippen LogP contribution in [-0.2, 0) is 5.60 Å². The number of hydrogen-bond acceptors (Lipinski definition) is 3. The van der Waals surface area contributed by atoms with Crippen molar-refractivity contribution in [2.24, 2.45) is 0 Å². The molecule has 3 nitrogen and oxygen atoms in total. The number of methoxy groups -OCH3 is 1. The van der Waals surface area contributed by atoms with E-state index in [1.54, 1.807) is 0 Å². The summed E-state index contributed by atoms with van der Waals surface area (Å²) in [5.41, 5.74) is -4.99. The second-order valence-corrected chi connectivity index (χ2v) is 4.76. The number of aliphatic hydroxyl groups is 1. The molecule has 1 unspecified atom stereocenters. The van der Waals surface area contributed by atoms with Crippen LogP contribution in [0, 0.1) is 0 Å². The second kappa shape index (κ2) is 5.77. The van der Waals surface area contributed by atoms with Gasteiger partial charge in [0, 0.05) is 18.0 Å². The predicted octanol–water partition coefficient (Wildman–Crippen LogP) is 3.52. The number of pyridine rings is 1. The fourth-order valence-corrected chi connectivity index (χ4v) is 2.16. The van der Waals surface area contributed by atoms with E-state index in [4.69, 9.17) is 4.74 Å². The summed E-state index contributed by atoms with van der Waals surface area (Å²) in [6.45, 7) is 0. The van der Waals surface area contributed by atoms with Crippen LogP contribution in [0.1, 0.15) is 11.1 Å². The van der Waals surface area contributed by atoms with Gasteiger partial charge in [0.2, 0.25) is 0 Å². The van der Waals surface area contributed by atoms with Crippen molar-refractivity contribution in [2.75, 3.05) is 7.11 Å². The van der Waals surface area contributed by atoms with Gasteiger partial charge in [0.1, 0.15) is 5.75 Å². The van der Waals surface area contributed by atoms with Crippen LogP contribution in [0.4, 0.5) is 22.0 Å². The number of alkyl halides is 5. The molecule has 0 aliphatic rings. The fraction of sp³-hybridized carbons (Fsp3) is 0.267. The van der Waals surface area contributed by atoms with Crippen LogP contribution >= 0.6 is 0 Å². The molecule has 0 spiro atoms. The topological polar surface area (TPSA) is 42.4 Å². The van der Waals surface area contributed by atoms with E-state index in [9.17, 15) is 27.1 Å². The third-order valence-corrected chi connectivity index (χ3v) is 3.38. The number of nitrogens with zero attached hydrogens (tertiary/aromatic N) is 1. The summed E-state index contributed by atoms with van der Waals surface area (Å²) in [5.74, 6) is -5.42. The molecule has 0 aliphatic heterocycles. The van der Waals surface area contributed by atoms with Gasteiger partial charge in [-0.15, -0.1) is 0 Å². The van der Waals surface area contributed by atoms with Crippen molar-refractivity contribution in [3.63, 3.8) is 0 Å². The molecule has 1 heterocycles. The number of ether oxygens (including phenoxy) is 1. The Morgan fingerprint density at radius 3 is 2.17 bits per heavy atom. The lowest BCUT2D eigenvalue weighted by Crippen LogP contribution is -2.55. The minimum absolute atomic E-state index is 0.0304. The molecule has 0 fully saturated rings. The molecule has 2 rings (SSSR count). The Morgan fingerprint density at radius 2 is 1.65 bits per heavy atom. The third kappa shape index (κ3) is 2.74. The van der Waals surface area contributed by atoms with E-state index in [1.807, 2.05) is 0 Å². The summed E-state index contributed by atoms with van der Waals surface area (Å²) in [6.07, 6.45) is -4.01. The van der Waals surface area contributed by atoms with Crippen molar-refractivity contribution in [2.45, 2.75) is 17.7 Å². The molecule has 1 atom stereocenters. The van der Waals surface area contributed by atoms with E-state index in [2.05, 4.69) is 4.98 Å². The number of rotatable bonds is 4. The maximum Gasteiger partial charge on any atom is 0.457 e. The van der Waals surface area contributed by atoms with Crippen molar-refractivity contribution >= 4 is 0 Å². The molecule has 0 saturated heterocycles. The van der Waals surface area contributed by atoms with E-state index < -0.39 is 28.8 Å². The number of hydrogen-bond donors (Lipinski definition) is 1. The highest BCUT2D eigenvalue weighted by Crippen LogP contribution is 2.51. The monoisotopic (exact) mass is 333 g/mol. The van der Waals surface area contributed by atoms with Crippen LogP contribution in [0.25, 0.3) is 0 Å². The predicted molar refractivity (Wildman–Crippen MR) is 71.2 cm³/mol. The summed E-state index contributed by atoms with van der Waals surface area (Å²) in [5, 5.41) is 10.5. The lowest BCUT2D eigenvalue weighted by molar-refractivity contribution is -0.336. The van der Waals surface area contributed by atoms with Crippen LogP contribution in [0.15, 0.2) is 48.8 Å². The molecule has 1 aromatic heterocycles. The lowest BCUT2D eigenvalue weighted by Gasteiger charge is -2.37. The second-order valence-electron chi connectivity index (χ2n) is 4.76. The summed E-state index contributed by atoms with van der Waals surface area (Å²) in [6, 6.07) is 6.57. The minimum atomic E-state index is -5.97. The highest BCUT2D eigenvalue weighted by atomic mass is 19.4. The normalized spacial score (nSPS) is 15.1. The summed E-state index contributed by atoms with van der Waals surface area (Å²) < 4.78 is 71.9.